The molecule has 0 heterocycles. The molecule has 0 saturated carbocycles. The fourth-order valence-electron chi connectivity index (χ4n) is 2.29. The van der Waals surface area contributed by atoms with E-state index in [2.05, 4.69) is 22.0 Å². The third-order valence-electron chi connectivity index (χ3n) is 3.48. The van der Waals surface area contributed by atoms with Crippen molar-refractivity contribution in [1.82, 2.24) is 0 Å². The summed E-state index contributed by atoms with van der Waals surface area (Å²) < 4.78 is 24.8. The van der Waals surface area contributed by atoms with Gasteiger partial charge in [0.15, 0.2) is 0 Å². The molecule has 1 aromatic rings. The van der Waals surface area contributed by atoms with Gasteiger partial charge in [-0.3, -0.25) is 0 Å². The Morgan fingerprint density at radius 1 is 0.950 bits per heavy atom. The molecular weight excluding hydrogens is 324 g/mol. The molecular formula is C16H24BrF2N. The van der Waals surface area contributed by atoms with Gasteiger partial charge in [0.05, 0.1) is 0 Å². The molecule has 0 amide bonds. The predicted molar refractivity (Wildman–Crippen MR) is 85.2 cm³/mol. The van der Waals surface area contributed by atoms with Crippen molar-refractivity contribution in [3.63, 3.8) is 0 Å². The number of nitrogens with two attached hydrogens (primary N) is 1. The topological polar surface area (TPSA) is 26.0 Å². The van der Waals surface area contributed by atoms with E-state index in [0.717, 1.165) is 42.3 Å². The minimum absolute atomic E-state index is 0.0584. The minimum atomic E-state index is -2.13. The highest BCUT2D eigenvalue weighted by atomic mass is 79.9. The Balaban J connectivity index is 1.99. The average Bonchev–Trinajstić information content (AvgIpc) is 2.38. The largest absolute Gasteiger partial charge is 0.398 e. The summed E-state index contributed by atoms with van der Waals surface area (Å²) in [4.78, 5) is 0. The van der Waals surface area contributed by atoms with Gasteiger partial charge >= 0.3 is 0 Å². The van der Waals surface area contributed by atoms with Crippen molar-refractivity contribution in [3.8, 4) is 0 Å². The molecule has 0 atom stereocenters. The minimum Gasteiger partial charge on any atom is -0.398 e. The molecule has 0 bridgehead atoms. The van der Waals surface area contributed by atoms with E-state index in [1.54, 1.807) is 0 Å². The van der Waals surface area contributed by atoms with Crippen LogP contribution in [0.1, 0.15) is 56.9 Å². The maximum absolute atomic E-state index is 11.9. The molecule has 2 N–H and O–H groups in total. The van der Waals surface area contributed by atoms with Gasteiger partial charge in [-0.25, -0.2) is 8.78 Å². The Bertz CT molecular complexity index is 383. The van der Waals surface area contributed by atoms with Crippen LogP contribution in [0, 0.1) is 0 Å². The van der Waals surface area contributed by atoms with E-state index in [1.807, 2.05) is 12.1 Å². The molecule has 0 fully saturated rings. The van der Waals surface area contributed by atoms with E-state index in [0.29, 0.717) is 6.42 Å². The monoisotopic (exact) mass is 347 g/mol. The first-order chi connectivity index (χ1) is 9.59. The van der Waals surface area contributed by atoms with Crippen LogP contribution in [0.15, 0.2) is 22.7 Å². The third-order valence-corrected chi connectivity index (χ3v) is 3.97. The van der Waals surface area contributed by atoms with Crippen LogP contribution in [0.5, 0.6) is 0 Å². The quantitative estimate of drug-likeness (QED) is 0.410. The summed E-state index contributed by atoms with van der Waals surface area (Å²) in [6.07, 6.45) is 6.28. The summed E-state index contributed by atoms with van der Waals surface area (Å²) in [5.74, 6) is 0. The van der Waals surface area contributed by atoms with Crippen LogP contribution < -0.4 is 5.73 Å². The van der Waals surface area contributed by atoms with Crippen molar-refractivity contribution in [1.29, 1.82) is 0 Å². The van der Waals surface area contributed by atoms with Gasteiger partial charge in [0, 0.05) is 16.6 Å². The number of nitrogen functional groups attached to an aromatic ring is 1. The third kappa shape index (κ3) is 7.83. The van der Waals surface area contributed by atoms with Crippen molar-refractivity contribution in [3.05, 3.63) is 28.2 Å². The number of aryl methyl sites for hydroxylation is 1. The van der Waals surface area contributed by atoms with Crippen molar-refractivity contribution in [2.45, 2.75) is 64.2 Å². The fraction of sp³-hybridized carbons (Fsp3) is 0.625. The molecule has 0 saturated heterocycles. The fourth-order valence-corrected chi connectivity index (χ4v) is 2.67. The number of rotatable bonds is 10. The Kier molecular flexibility index (Phi) is 8.83. The molecule has 0 aromatic heterocycles. The number of benzene rings is 1. The van der Waals surface area contributed by atoms with Gasteiger partial charge in [-0.2, -0.15) is 0 Å². The van der Waals surface area contributed by atoms with Crippen molar-refractivity contribution < 1.29 is 8.78 Å². The maximum atomic E-state index is 11.9. The Morgan fingerprint density at radius 3 is 2.15 bits per heavy atom. The average molecular weight is 348 g/mol. The Labute approximate surface area is 129 Å². The SMILES string of the molecule is Nc1cc(Br)ccc1CCCCCCCCCC(F)F. The zero-order valence-electron chi connectivity index (χ0n) is 11.9. The first-order valence-electron chi connectivity index (χ1n) is 7.41. The van der Waals surface area contributed by atoms with E-state index in [1.165, 1.54) is 18.4 Å². The normalized spacial score (nSPS) is 11.2. The lowest BCUT2D eigenvalue weighted by Crippen LogP contribution is -1.94. The van der Waals surface area contributed by atoms with Gasteiger partial charge in [-0.15, -0.1) is 0 Å². The number of anilines is 1. The second-order valence-electron chi connectivity index (χ2n) is 5.25. The lowest BCUT2D eigenvalue weighted by atomic mass is 10.0. The van der Waals surface area contributed by atoms with Crippen LogP contribution in [0.25, 0.3) is 0 Å². The van der Waals surface area contributed by atoms with Crippen molar-refractivity contribution >= 4 is 21.6 Å². The lowest BCUT2D eigenvalue weighted by Gasteiger charge is -2.06. The number of hydrogen-bond acceptors (Lipinski definition) is 1. The molecule has 0 unspecified atom stereocenters. The van der Waals surface area contributed by atoms with E-state index >= 15 is 0 Å². The smallest absolute Gasteiger partial charge is 0.238 e. The lowest BCUT2D eigenvalue weighted by molar-refractivity contribution is 0.133. The maximum Gasteiger partial charge on any atom is 0.238 e. The zero-order chi connectivity index (χ0) is 14.8. The molecule has 0 aliphatic rings. The summed E-state index contributed by atoms with van der Waals surface area (Å²) in [7, 11) is 0. The zero-order valence-corrected chi connectivity index (χ0v) is 13.5. The molecule has 0 aliphatic carbocycles. The van der Waals surface area contributed by atoms with Gasteiger partial charge in [0.1, 0.15) is 0 Å². The molecule has 0 spiro atoms. The van der Waals surface area contributed by atoms with Gasteiger partial charge in [0.2, 0.25) is 6.43 Å². The summed E-state index contributed by atoms with van der Waals surface area (Å²) in [5, 5.41) is 0. The van der Waals surface area contributed by atoms with Crippen molar-refractivity contribution in [2.75, 3.05) is 5.73 Å². The molecule has 0 aliphatic heterocycles. The van der Waals surface area contributed by atoms with Crippen LogP contribution >= 0.6 is 15.9 Å². The van der Waals surface area contributed by atoms with Gasteiger partial charge < -0.3 is 5.73 Å². The first kappa shape index (κ1) is 17.4. The summed E-state index contributed by atoms with van der Waals surface area (Å²) >= 11 is 3.40. The summed E-state index contributed by atoms with van der Waals surface area (Å²) in [5.41, 5.74) is 8.02. The molecule has 0 radical (unpaired) electrons. The highest BCUT2D eigenvalue weighted by Gasteiger charge is 2.02. The highest BCUT2D eigenvalue weighted by molar-refractivity contribution is 9.10. The van der Waals surface area contributed by atoms with Crippen LogP contribution in [-0.4, -0.2) is 6.43 Å². The van der Waals surface area contributed by atoms with E-state index in [4.69, 9.17) is 5.73 Å². The second kappa shape index (κ2) is 10.1. The molecule has 1 aromatic carbocycles. The van der Waals surface area contributed by atoms with Crippen molar-refractivity contribution in [2.24, 2.45) is 0 Å². The Hall–Kier alpha value is -0.640. The first-order valence-corrected chi connectivity index (χ1v) is 8.21. The number of alkyl halides is 2. The van der Waals surface area contributed by atoms with Crippen LogP contribution in [-0.2, 0) is 6.42 Å². The standard InChI is InChI=1S/C16H24BrF2N/c17-14-11-10-13(15(20)12-14)8-6-4-2-1-3-5-7-9-16(18)19/h10-12,16H,1-9,20H2. The van der Waals surface area contributed by atoms with Crippen LogP contribution in [0.2, 0.25) is 0 Å². The molecule has 114 valence electrons. The van der Waals surface area contributed by atoms with Gasteiger partial charge in [0.25, 0.3) is 0 Å². The van der Waals surface area contributed by atoms with E-state index in [9.17, 15) is 8.78 Å². The number of hydrogen-bond donors (Lipinski definition) is 1. The van der Waals surface area contributed by atoms with E-state index in [-0.39, 0.29) is 6.42 Å². The van der Waals surface area contributed by atoms with Crippen LogP contribution in [0.3, 0.4) is 0 Å². The van der Waals surface area contributed by atoms with Gasteiger partial charge in [-0.1, -0.05) is 54.1 Å². The molecule has 4 heteroatoms. The summed E-state index contributed by atoms with van der Waals surface area (Å²) in [6.45, 7) is 0. The molecule has 1 nitrogen and oxygen atoms in total. The Morgan fingerprint density at radius 2 is 1.55 bits per heavy atom. The number of unbranched alkanes of at least 4 members (excludes halogenated alkanes) is 6. The van der Waals surface area contributed by atoms with Gasteiger partial charge in [-0.05, 0) is 37.0 Å². The second-order valence-corrected chi connectivity index (χ2v) is 6.16. The molecule has 20 heavy (non-hydrogen) atoms. The number of halogens is 3. The predicted octanol–water partition coefficient (Wildman–Crippen LogP) is 5.96. The highest BCUT2D eigenvalue weighted by Crippen LogP contribution is 2.20. The van der Waals surface area contributed by atoms with E-state index < -0.39 is 6.43 Å². The summed E-state index contributed by atoms with van der Waals surface area (Å²) in [6, 6.07) is 6.04. The molecule has 1 rings (SSSR count). The van der Waals surface area contributed by atoms with Crippen LogP contribution in [0.4, 0.5) is 14.5 Å².